The van der Waals surface area contributed by atoms with Crippen LogP contribution in [0, 0.1) is 5.92 Å². The molecule has 0 aromatic carbocycles. The molecule has 1 aliphatic heterocycles. The van der Waals surface area contributed by atoms with Gasteiger partial charge in [0.05, 0.1) is 6.10 Å². The van der Waals surface area contributed by atoms with Gasteiger partial charge in [-0.1, -0.05) is 12.1 Å². The highest BCUT2D eigenvalue weighted by Crippen LogP contribution is 2.13. The van der Waals surface area contributed by atoms with Crippen LogP contribution in [0.25, 0.3) is 0 Å². The van der Waals surface area contributed by atoms with Crippen LogP contribution in [0.5, 0.6) is 0 Å². The van der Waals surface area contributed by atoms with Gasteiger partial charge in [-0.05, 0) is 26.3 Å². The second kappa shape index (κ2) is 6.70. The minimum Gasteiger partial charge on any atom is -0.409 e. The average molecular weight is 229 g/mol. The SMILES string of the molecule is CC(CN(C)CC1CCCCO1)C(N)=NO. The van der Waals surface area contributed by atoms with Gasteiger partial charge in [-0.15, -0.1) is 0 Å². The number of rotatable bonds is 5. The van der Waals surface area contributed by atoms with E-state index in [2.05, 4.69) is 10.1 Å². The lowest BCUT2D eigenvalue weighted by Crippen LogP contribution is -2.38. The Morgan fingerprint density at radius 1 is 1.62 bits per heavy atom. The van der Waals surface area contributed by atoms with Crippen molar-refractivity contribution in [3.8, 4) is 0 Å². The highest BCUT2D eigenvalue weighted by molar-refractivity contribution is 5.82. The van der Waals surface area contributed by atoms with Crippen LogP contribution in [0.3, 0.4) is 0 Å². The molecule has 2 unspecified atom stereocenters. The van der Waals surface area contributed by atoms with Crippen LogP contribution in [0.4, 0.5) is 0 Å². The fraction of sp³-hybridized carbons (Fsp3) is 0.909. The molecule has 2 atom stereocenters. The summed E-state index contributed by atoms with van der Waals surface area (Å²) < 4.78 is 5.66. The van der Waals surface area contributed by atoms with E-state index in [9.17, 15) is 0 Å². The Labute approximate surface area is 97.2 Å². The summed E-state index contributed by atoms with van der Waals surface area (Å²) in [5.74, 6) is 0.356. The predicted octanol–water partition coefficient (Wildman–Crippen LogP) is 0.870. The molecule has 5 heteroatoms. The molecule has 0 saturated carbocycles. The number of ether oxygens (including phenoxy) is 1. The summed E-state index contributed by atoms with van der Waals surface area (Å²) in [6.07, 6.45) is 3.93. The fourth-order valence-corrected chi connectivity index (χ4v) is 2.03. The first-order valence-electron chi connectivity index (χ1n) is 5.91. The maximum absolute atomic E-state index is 8.56. The van der Waals surface area contributed by atoms with E-state index in [1.807, 2.05) is 14.0 Å². The van der Waals surface area contributed by atoms with Crippen LogP contribution < -0.4 is 5.73 Å². The van der Waals surface area contributed by atoms with Crippen molar-refractivity contribution in [2.75, 3.05) is 26.7 Å². The van der Waals surface area contributed by atoms with Gasteiger partial charge in [-0.3, -0.25) is 0 Å². The quantitative estimate of drug-likeness (QED) is 0.317. The van der Waals surface area contributed by atoms with Gasteiger partial charge in [0.2, 0.25) is 0 Å². The van der Waals surface area contributed by atoms with Gasteiger partial charge in [0, 0.05) is 25.6 Å². The van der Waals surface area contributed by atoms with E-state index in [4.69, 9.17) is 15.7 Å². The van der Waals surface area contributed by atoms with Crippen molar-refractivity contribution in [2.45, 2.75) is 32.3 Å². The van der Waals surface area contributed by atoms with Gasteiger partial charge in [0.25, 0.3) is 0 Å². The van der Waals surface area contributed by atoms with Gasteiger partial charge < -0.3 is 20.6 Å². The highest BCUT2D eigenvalue weighted by atomic mass is 16.5. The normalized spacial score (nSPS) is 24.7. The van der Waals surface area contributed by atoms with Crippen molar-refractivity contribution in [3.05, 3.63) is 0 Å². The van der Waals surface area contributed by atoms with Crippen LogP contribution in [-0.4, -0.2) is 48.8 Å². The van der Waals surface area contributed by atoms with Crippen LogP contribution in [0.2, 0.25) is 0 Å². The third-order valence-corrected chi connectivity index (χ3v) is 3.00. The molecule has 1 heterocycles. The van der Waals surface area contributed by atoms with Crippen molar-refractivity contribution < 1.29 is 9.94 Å². The zero-order valence-electron chi connectivity index (χ0n) is 10.2. The van der Waals surface area contributed by atoms with Crippen molar-refractivity contribution in [3.63, 3.8) is 0 Å². The van der Waals surface area contributed by atoms with E-state index in [-0.39, 0.29) is 11.8 Å². The van der Waals surface area contributed by atoms with E-state index in [1.165, 1.54) is 12.8 Å². The molecule has 0 aromatic heterocycles. The Morgan fingerprint density at radius 2 is 2.38 bits per heavy atom. The summed E-state index contributed by atoms with van der Waals surface area (Å²) in [4.78, 5) is 2.18. The van der Waals surface area contributed by atoms with E-state index in [0.717, 1.165) is 26.1 Å². The molecule has 0 aliphatic carbocycles. The lowest BCUT2D eigenvalue weighted by Gasteiger charge is -2.28. The van der Waals surface area contributed by atoms with E-state index in [1.54, 1.807) is 0 Å². The maximum Gasteiger partial charge on any atom is 0.143 e. The third kappa shape index (κ3) is 4.37. The molecular formula is C11H23N3O2. The monoisotopic (exact) mass is 229 g/mol. The largest absolute Gasteiger partial charge is 0.409 e. The van der Waals surface area contributed by atoms with Crippen LogP contribution in [-0.2, 0) is 4.74 Å². The number of oxime groups is 1. The van der Waals surface area contributed by atoms with Crippen molar-refractivity contribution in [1.29, 1.82) is 0 Å². The number of nitrogens with two attached hydrogens (primary N) is 1. The minimum absolute atomic E-state index is 0.0681. The molecule has 1 rings (SSSR count). The Bertz CT molecular complexity index is 227. The molecule has 1 aliphatic rings. The molecule has 94 valence electrons. The van der Waals surface area contributed by atoms with Crippen LogP contribution >= 0.6 is 0 Å². The Balaban J connectivity index is 2.26. The molecule has 0 aromatic rings. The molecule has 1 saturated heterocycles. The van der Waals surface area contributed by atoms with Crippen molar-refractivity contribution in [1.82, 2.24) is 4.90 Å². The van der Waals surface area contributed by atoms with Gasteiger partial charge in [0.15, 0.2) is 0 Å². The first kappa shape index (κ1) is 13.3. The molecule has 0 radical (unpaired) electrons. The van der Waals surface area contributed by atoms with Gasteiger partial charge in [-0.2, -0.15) is 0 Å². The summed E-state index contributed by atoms with van der Waals surface area (Å²) in [6.45, 7) is 4.54. The number of hydrogen-bond donors (Lipinski definition) is 2. The van der Waals surface area contributed by atoms with Gasteiger partial charge >= 0.3 is 0 Å². The highest BCUT2D eigenvalue weighted by Gasteiger charge is 2.18. The predicted molar refractivity (Wildman–Crippen MR) is 63.7 cm³/mol. The Morgan fingerprint density at radius 3 is 2.94 bits per heavy atom. The number of amidine groups is 1. The second-order valence-electron chi connectivity index (χ2n) is 4.64. The molecule has 16 heavy (non-hydrogen) atoms. The summed E-state index contributed by atoms with van der Waals surface area (Å²) in [7, 11) is 2.04. The minimum atomic E-state index is 0.0681. The number of hydrogen-bond acceptors (Lipinski definition) is 4. The Hall–Kier alpha value is -0.810. The third-order valence-electron chi connectivity index (χ3n) is 3.00. The first-order valence-corrected chi connectivity index (χ1v) is 5.91. The Kier molecular flexibility index (Phi) is 5.55. The standard InChI is InChI=1S/C11H23N3O2/c1-9(11(12)13-15)7-14(2)8-10-5-3-4-6-16-10/h9-10,15H,3-8H2,1-2H3,(H2,12,13). The van der Waals surface area contributed by atoms with Gasteiger partial charge in [-0.25, -0.2) is 0 Å². The molecular weight excluding hydrogens is 206 g/mol. The van der Waals surface area contributed by atoms with Crippen LogP contribution in [0.15, 0.2) is 5.16 Å². The molecule has 1 fully saturated rings. The molecule has 3 N–H and O–H groups in total. The molecule has 0 spiro atoms. The molecule has 0 bridgehead atoms. The summed E-state index contributed by atoms with van der Waals surface area (Å²) in [5, 5.41) is 11.6. The summed E-state index contributed by atoms with van der Waals surface area (Å²) in [6, 6.07) is 0. The number of likely N-dealkylation sites (N-methyl/N-ethyl adjacent to an activating group) is 1. The molecule has 5 nitrogen and oxygen atoms in total. The lowest BCUT2D eigenvalue weighted by atomic mass is 10.1. The van der Waals surface area contributed by atoms with Crippen molar-refractivity contribution in [2.24, 2.45) is 16.8 Å². The van der Waals surface area contributed by atoms with Crippen molar-refractivity contribution >= 4 is 5.84 Å². The average Bonchev–Trinajstić information content (AvgIpc) is 2.29. The second-order valence-corrected chi connectivity index (χ2v) is 4.64. The van der Waals surface area contributed by atoms with E-state index < -0.39 is 0 Å². The zero-order valence-corrected chi connectivity index (χ0v) is 10.2. The fourth-order valence-electron chi connectivity index (χ4n) is 2.03. The maximum atomic E-state index is 8.56. The first-order chi connectivity index (χ1) is 7.63. The van der Waals surface area contributed by atoms with Gasteiger partial charge in [0.1, 0.15) is 5.84 Å². The zero-order chi connectivity index (χ0) is 12.0. The smallest absolute Gasteiger partial charge is 0.143 e. The topological polar surface area (TPSA) is 71.1 Å². The van der Waals surface area contributed by atoms with E-state index in [0.29, 0.717) is 6.10 Å². The molecule has 0 amide bonds. The van der Waals surface area contributed by atoms with E-state index >= 15 is 0 Å². The number of nitrogens with zero attached hydrogens (tertiary/aromatic N) is 2. The summed E-state index contributed by atoms with van der Waals surface area (Å²) in [5.41, 5.74) is 5.54. The van der Waals surface area contributed by atoms with Crippen LogP contribution in [0.1, 0.15) is 26.2 Å². The lowest BCUT2D eigenvalue weighted by molar-refractivity contribution is -0.00222. The summed E-state index contributed by atoms with van der Waals surface area (Å²) >= 11 is 0.